The van der Waals surface area contributed by atoms with Gasteiger partial charge in [-0.05, 0) is 33.4 Å². The Hall–Kier alpha value is -0.940. The van der Waals surface area contributed by atoms with Crippen LogP contribution in [0.3, 0.4) is 0 Å². The zero-order valence-corrected chi connectivity index (χ0v) is 9.90. The van der Waals surface area contributed by atoms with Crippen molar-refractivity contribution in [2.75, 3.05) is 20.2 Å². The predicted octanol–water partition coefficient (Wildman–Crippen LogP) is 1.11. The number of aryl methyl sites for hydroxylation is 1. The second-order valence-corrected chi connectivity index (χ2v) is 4.32. The van der Waals surface area contributed by atoms with E-state index in [9.17, 15) is 0 Å². The van der Waals surface area contributed by atoms with Crippen LogP contribution in [0.25, 0.3) is 0 Å². The monoisotopic (exact) mass is 225 g/mol. The second kappa shape index (κ2) is 5.41. The van der Waals surface area contributed by atoms with E-state index in [2.05, 4.69) is 22.4 Å². The molecule has 2 unspecified atom stereocenters. The molecule has 2 atom stereocenters. The topological polar surface area (TPSA) is 60.2 Å². The van der Waals surface area contributed by atoms with Crippen molar-refractivity contribution in [2.24, 2.45) is 0 Å². The van der Waals surface area contributed by atoms with Crippen molar-refractivity contribution in [1.29, 1.82) is 0 Å². The number of ether oxygens (including phenoxy) is 1. The normalized spacial score (nSPS) is 25.1. The Morgan fingerprint density at radius 3 is 3.00 bits per heavy atom. The Morgan fingerprint density at radius 2 is 2.31 bits per heavy atom. The van der Waals surface area contributed by atoms with Gasteiger partial charge in [-0.25, -0.2) is 0 Å². The molecule has 2 heterocycles. The second-order valence-electron chi connectivity index (χ2n) is 4.32. The van der Waals surface area contributed by atoms with Gasteiger partial charge >= 0.3 is 0 Å². The summed E-state index contributed by atoms with van der Waals surface area (Å²) in [5.41, 5.74) is 0. The minimum absolute atomic E-state index is 0.292. The van der Waals surface area contributed by atoms with Gasteiger partial charge in [-0.1, -0.05) is 0 Å². The van der Waals surface area contributed by atoms with Gasteiger partial charge < -0.3 is 14.5 Å². The third kappa shape index (κ3) is 2.80. The molecular weight excluding hydrogens is 206 g/mol. The molecule has 0 aromatic carbocycles. The Bertz CT molecular complexity index is 327. The minimum atomic E-state index is 0.292. The summed E-state index contributed by atoms with van der Waals surface area (Å²) in [4.78, 5) is 0. The summed E-state index contributed by atoms with van der Waals surface area (Å²) in [7, 11) is 1.94. The number of aromatic nitrogens is 2. The van der Waals surface area contributed by atoms with Crippen LogP contribution in [0.1, 0.15) is 37.5 Å². The minimum Gasteiger partial charge on any atom is -0.425 e. The van der Waals surface area contributed by atoms with Crippen LogP contribution < -0.4 is 5.32 Å². The molecule has 1 N–H and O–H groups in total. The molecule has 1 aromatic heterocycles. The summed E-state index contributed by atoms with van der Waals surface area (Å²) in [6.07, 6.45) is 3.16. The van der Waals surface area contributed by atoms with E-state index in [0.717, 1.165) is 37.6 Å². The predicted molar refractivity (Wildman–Crippen MR) is 59.3 cm³/mol. The maximum Gasteiger partial charge on any atom is 0.222 e. The molecule has 1 aliphatic rings. The lowest BCUT2D eigenvalue weighted by molar-refractivity contribution is 0.122. The van der Waals surface area contributed by atoms with Gasteiger partial charge in [0.2, 0.25) is 11.8 Å². The number of hydrogen-bond donors (Lipinski definition) is 1. The summed E-state index contributed by atoms with van der Waals surface area (Å²) >= 11 is 0. The molecule has 1 aliphatic heterocycles. The van der Waals surface area contributed by atoms with E-state index in [-0.39, 0.29) is 0 Å². The van der Waals surface area contributed by atoms with E-state index in [1.54, 1.807) is 0 Å². The summed E-state index contributed by atoms with van der Waals surface area (Å²) in [6, 6.07) is 0. The van der Waals surface area contributed by atoms with E-state index < -0.39 is 0 Å². The number of rotatable bonds is 5. The van der Waals surface area contributed by atoms with Crippen molar-refractivity contribution in [3.63, 3.8) is 0 Å². The maximum atomic E-state index is 5.63. The molecule has 16 heavy (non-hydrogen) atoms. The molecule has 0 saturated carbocycles. The number of nitrogens with one attached hydrogen (secondary N) is 1. The van der Waals surface area contributed by atoms with Crippen LogP contribution in [0.4, 0.5) is 0 Å². The molecule has 0 bridgehead atoms. The molecule has 90 valence electrons. The van der Waals surface area contributed by atoms with Crippen molar-refractivity contribution >= 4 is 0 Å². The fourth-order valence-corrected chi connectivity index (χ4v) is 1.94. The lowest BCUT2D eigenvalue weighted by atomic mass is 10.1. The van der Waals surface area contributed by atoms with Crippen LogP contribution in [0.5, 0.6) is 0 Å². The third-order valence-corrected chi connectivity index (χ3v) is 2.85. The third-order valence-electron chi connectivity index (χ3n) is 2.85. The van der Waals surface area contributed by atoms with Crippen LogP contribution in [0.2, 0.25) is 0 Å². The summed E-state index contributed by atoms with van der Waals surface area (Å²) in [5.74, 6) is 1.77. The van der Waals surface area contributed by atoms with Crippen molar-refractivity contribution in [1.82, 2.24) is 15.5 Å². The molecule has 2 rings (SSSR count). The van der Waals surface area contributed by atoms with E-state index in [4.69, 9.17) is 9.15 Å². The molecule has 1 saturated heterocycles. The first-order valence-corrected chi connectivity index (χ1v) is 5.88. The van der Waals surface area contributed by atoms with Crippen molar-refractivity contribution in [3.05, 3.63) is 11.8 Å². The highest BCUT2D eigenvalue weighted by atomic mass is 16.5. The SMILES string of the molecule is CNCCCc1nnc(C2COC(C)C2)o1. The van der Waals surface area contributed by atoms with Crippen LogP contribution in [0.15, 0.2) is 4.42 Å². The van der Waals surface area contributed by atoms with Gasteiger partial charge in [0.25, 0.3) is 0 Å². The van der Waals surface area contributed by atoms with Gasteiger partial charge in [0.05, 0.1) is 18.6 Å². The molecule has 5 heteroatoms. The lowest BCUT2D eigenvalue weighted by Crippen LogP contribution is -2.08. The Balaban J connectivity index is 1.87. The first kappa shape index (κ1) is 11.5. The highest BCUT2D eigenvalue weighted by molar-refractivity contribution is 4.95. The van der Waals surface area contributed by atoms with Crippen LogP contribution in [-0.2, 0) is 11.2 Å². The molecule has 0 spiro atoms. The quantitative estimate of drug-likeness (QED) is 0.761. The van der Waals surface area contributed by atoms with Crippen LogP contribution in [-0.4, -0.2) is 36.5 Å². The first-order chi connectivity index (χ1) is 7.79. The molecular formula is C11H19N3O2. The average Bonchev–Trinajstić information content (AvgIpc) is 2.87. The Labute approximate surface area is 95.6 Å². The molecule has 0 amide bonds. The largest absolute Gasteiger partial charge is 0.425 e. The zero-order chi connectivity index (χ0) is 11.4. The lowest BCUT2D eigenvalue weighted by Gasteiger charge is -1.99. The highest BCUT2D eigenvalue weighted by Crippen LogP contribution is 2.28. The number of hydrogen-bond acceptors (Lipinski definition) is 5. The summed E-state index contributed by atoms with van der Waals surface area (Å²) in [5, 5.41) is 11.2. The molecule has 0 aliphatic carbocycles. The number of nitrogens with zero attached hydrogens (tertiary/aromatic N) is 2. The van der Waals surface area contributed by atoms with Crippen molar-refractivity contribution in [2.45, 2.75) is 38.2 Å². The standard InChI is InChI=1S/C11H19N3O2/c1-8-6-9(7-15-8)11-14-13-10(16-11)4-3-5-12-2/h8-9,12H,3-7H2,1-2H3. The molecule has 5 nitrogen and oxygen atoms in total. The summed E-state index contributed by atoms with van der Waals surface area (Å²) in [6.45, 7) is 3.75. The zero-order valence-electron chi connectivity index (χ0n) is 9.90. The van der Waals surface area contributed by atoms with Crippen molar-refractivity contribution in [3.8, 4) is 0 Å². The Morgan fingerprint density at radius 1 is 1.44 bits per heavy atom. The fourth-order valence-electron chi connectivity index (χ4n) is 1.94. The molecule has 1 fully saturated rings. The average molecular weight is 225 g/mol. The van der Waals surface area contributed by atoms with E-state index in [1.807, 2.05) is 7.05 Å². The van der Waals surface area contributed by atoms with Gasteiger partial charge in [-0.15, -0.1) is 10.2 Å². The summed E-state index contributed by atoms with van der Waals surface area (Å²) < 4.78 is 11.1. The highest BCUT2D eigenvalue weighted by Gasteiger charge is 2.27. The van der Waals surface area contributed by atoms with E-state index in [0.29, 0.717) is 18.6 Å². The fraction of sp³-hybridized carbons (Fsp3) is 0.818. The van der Waals surface area contributed by atoms with Gasteiger partial charge in [0.1, 0.15) is 0 Å². The van der Waals surface area contributed by atoms with Crippen molar-refractivity contribution < 1.29 is 9.15 Å². The van der Waals surface area contributed by atoms with Gasteiger partial charge in [-0.2, -0.15) is 0 Å². The molecule has 0 radical (unpaired) electrons. The van der Waals surface area contributed by atoms with E-state index in [1.165, 1.54) is 0 Å². The van der Waals surface area contributed by atoms with Crippen LogP contribution in [0, 0.1) is 0 Å². The van der Waals surface area contributed by atoms with E-state index >= 15 is 0 Å². The van der Waals surface area contributed by atoms with Gasteiger partial charge in [0.15, 0.2) is 0 Å². The first-order valence-electron chi connectivity index (χ1n) is 5.88. The smallest absolute Gasteiger partial charge is 0.222 e. The molecule has 1 aromatic rings. The maximum absolute atomic E-state index is 5.63. The van der Waals surface area contributed by atoms with Crippen LogP contribution >= 0.6 is 0 Å². The van der Waals surface area contributed by atoms with Gasteiger partial charge in [-0.3, -0.25) is 0 Å². The van der Waals surface area contributed by atoms with Gasteiger partial charge in [0, 0.05) is 6.42 Å². The Kier molecular flexibility index (Phi) is 3.90.